The molecule has 0 radical (unpaired) electrons. The number of hydrogen-bond acceptors (Lipinski definition) is 7. The van der Waals surface area contributed by atoms with Gasteiger partial charge in [0.2, 0.25) is 0 Å². The summed E-state index contributed by atoms with van der Waals surface area (Å²) in [6.45, 7) is 3.04. The molecule has 0 saturated heterocycles. The zero-order valence-electron chi connectivity index (χ0n) is 29.4. The molecule has 4 aromatic carbocycles. The SMILES string of the molecule is O=C(C(O)Cc1ccccc1)N1CCc2[nH]nc(-c3ccccc3)c2C1.O=C(O)C(O)Cc1ccccc1.c1ccc(-c2n[nH]c3c2CNCC3)cc1. The van der Waals surface area contributed by atoms with Crippen molar-refractivity contribution in [1.29, 1.82) is 0 Å². The van der Waals surface area contributed by atoms with Crippen molar-refractivity contribution < 1.29 is 24.9 Å². The van der Waals surface area contributed by atoms with Gasteiger partial charge in [0, 0.05) is 85.5 Å². The summed E-state index contributed by atoms with van der Waals surface area (Å²) in [5, 5.41) is 46.2. The quantitative estimate of drug-likeness (QED) is 0.129. The van der Waals surface area contributed by atoms with Crippen molar-refractivity contribution in [1.82, 2.24) is 30.6 Å². The Hall–Kier alpha value is -5.88. The van der Waals surface area contributed by atoms with E-state index in [0.717, 1.165) is 65.3 Å². The Morgan fingerprint density at radius 3 is 1.64 bits per heavy atom. The van der Waals surface area contributed by atoms with E-state index >= 15 is 0 Å². The molecule has 2 unspecified atom stereocenters. The molecule has 6 aromatic rings. The monoisotopic (exact) mass is 712 g/mol. The lowest BCUT2D eigenvalue weighted by atomic mass is 10.00. The zero-order valence-corrected chi connectivity index (χ0v) is 29.4. The highest BCUT2D eigenvalue weighted by Gasteiger charge is 2.29. The van der Waals surface area contributed by atoms with Crippen molar-refractivity contribution in [3.63, 3.8) is 0 Å². The third kappa shape index (κ3) is 9.72. The van der Waals surface area contributed by atoms with Crippen molar-refractivity contribution in [2.75, 3.05) is 13.1 Å². The summed E-state index contributed by atoms with van der Waals surface area (Å²) in [6, 6.07) is 38.9. The Labute approximate surface area is 308 Å². The van der Waals surface area contributed by atoms with Crippen molar-refractivity contribution in [3.8, 4) is 22.5 Å². The molecule has 2 aliphatic rings. The first kappa shape index (κ1) is 36.9. The van der Waals surface area contributed by atoms with E-state index in [9.17, 15) is 14.7 Å². The van der Waals surface area contributed by atoms with E-state index < -0.39 is 18.2 Å². The Balaban J connectivity index is 0.000000150. The van der Waals surface area contributed by atoms with Gasteiger partial charge in [0.05, 0.1) is 11.4 Å². The summed E-state index contributed by atoms with van der Waals surface area (Å²) in [6.07, 6.45) is -0.0528. The van der Waals surface area contributed by atoms with Gasteiger partial charge in [-0.2, -0.15) is 10.2 Å². The van der Waals surface area contributed by atoms with Crippen LogP contribution in [0.2, 0.25) is 0 Å². The molecule has 8 rings (SSSR count). The summed E-state index contributed by atoms with van der Waals surface area (Å²) in [5.41, 5.74) is 10.7. The van der Waals surface area contributed by atoms with Gasteiger partial charge in [0.15, 0.2) is 6.10 Å². The number of carbonyl (C=O) groups excluding carboxylic acids is 1. The fraction of sp³-hybridized carbons (Fsp3) is 0.238. The molecule has 2 atom stereocenters. The first-order valence-corrected chi connectivity index (χ1v) is 17.8. The van der Waals surface area contributed by atoms with E-state index in [-0.39, 0.29) is 12.3 Å². The number of nitrogens with zero attached hydrogens (tertiary/aromatic N) is 3. The summed E-state index contributed by atoms with van der Waals surface area (Å²) in [7, 11) is 0. The molecule has 2 aromatic heterocycles. The Morgan fingerprint density at radius 1 is 0.642 bits per heavy atom. The van der Waals surface area contributed by atoms with Crippen LogP contribution in [0.25, 0.3) is 22.5 Å². The Morgan fingerprint density at radius 2 is 1.11 bits per heavy atom. The molecule has 0 bridgehead atoms. The number of carboxylic acids is 1. The van der Waals surface area contributed by atoms with Gasteiger partial charge in [-0.1, -0.05) is 121 Å². The molecule has 11 nitrogen and oxygen atoms in total. The summed E-state index contributed by atoms with van der Waals surface area (Å²) < 4.78 is 0. The van der Waals surface area contributed by atoms with E-state index in [4.69, 9.17) is 10.2 Å². The van der Waals surface area contributed by atoms with E-state index in [0.29, 0.717) is 19.5 Å². The van der Waals surface area contributed by atoms with Crippen molar-refractivity contribution in [2.24, 2.45) is 0 Å². The van der Waals surface area contributed by atoms with Crippen LogP contribution in [-0.2, 0) is 48.4 Å². The number of nitrogens with one attached hydrogen (secondary N) is 3. The van der Waals surface area contributed by atoms with Crippen LogP contribution in [0.5, 0.6) is 0 Å². The second-order valence-electron chi connectivity index (χ2n) is 13.0. The maximum atomic E-state index is 12.7. The predicted molar refractivity (Wildman–Crippen MR) is 203 cm³/mol. The van der Waals surface area contributed by atoms with Crippen molar-refractivity contribution in [3.05, 3.63) is 155 Å². The standard InChI is InChI=1S/C21H21N3O2.C12H13N3.C9H10O3/c25-19(13-15-7-3-1-4-8-15)21(26)24-12-11-18-17(14-24)20(23-22-18)16-9-5-2-6-10-16;1-2-4-9(5-3-1)12-10-8-13-7-6-11(10)14-15-12;10-8(9(11)12)6-7-4-2-1-3-5-7/h1-10,19,25H,11-14H2,(H,22,23);1-5,13H,6-8H2,(H,14,15);1-5,8,10H,6H2,(H,11,12). The number of aromatic amines is 2. The Kier molecular flexibility index (Phi) is 12.6. The maximum absolute atomic E-state index is 12.7. The number of rotatable bonds is 8. The number of aliphatic hydroxyl groups is 2. The lowest BCUT2D eigenvalue weighted by molar-refractivity contribution is -0.146. The largest absolute Gasteiger partial charge is 0.479 e. The van der Waals surface area contributed by atoms with Gasteiger partial charge in [0.25, 0.3) is 5.91 Å². The minimum Gasteiger partial charge on any atom is -0.479 e. The third-order valence-corrected chi connectivity index (χ3v) is 9.26. The minimum atomic E-state index is -1.30. The van der Waals surface area contributed by atoms with Gasteiger partial charge < -0.3 is 25.5 Å². The molecule has 1 amide bonds. The average molecular weight is 713 g/mol. The topological polar surface area (TPSA) is 167 Å². The number of fused-ring (bicyclic) bond motifs is 2. The van der Waals surface area contributed by atoms with E-state index in [1.807, 2.05) is 97.1 Å². The first-order valence-electron chi connectivity index (χ1n) is 17.8. The van der Waals surface area contributed by atoms with Crippen molar-refractivity contribution in [2.45, 2.75) is 51.0 Å². The van der Waals surface area contributed by atoms with Gasteiger partial charge in [0.1, 0.15) is 6.10 Å². The van der Waals surface area contributed by atoms with Crippen LogP contribution in [0.4, 0.5) is 0 Å². The summed E-state index contributed by atoms with van der Waals surface area (Å²) in [4.78, 5) is 24.7. The summed E-state index contributed by atoms with van der Waals surface area (Å²) >= 11 is 0. The molecular formula is C42H44N6O5. The first-order chi connectivity index (χ1) is 25.9. The molecular weight excluding hydrogens is 668 g/mol. The number of aromatic nitrogens is 4. The Bertz CT molecular complexity index is 2050. The van der Waals surface area contributed by atoms with Crippen LogP contribution in [0.3, 0.4) is 0 Å². The number of amides is 1. The fourth-order valence-electron chi connectivity index (χ4n) is 6.44. The molecule has 11 heteroatoms. The number of H-pyrrole nitrogens is 2. The fourth-order valence-corrected chi connectivity index (χ4v) is 6.44. The predicted octanol–water partition coefficient (Wildman–Crippen LogP) is 4.96. The van der Waals surface area contributed by atoms with Gasteiger partial charge >= 0.3 is 5.97 Å². The second kappa shape index (κ2) is 18.1. The van der Waals surface area contributed by atoms with Crippen LogP contribution in [0.1, 0.15) is 33.6 Å². The van der Waals surface area contributed by atoms with Crippen molar-refractivity contribution >= 4 is 11.9 Å². The van der Waals surface area contributed by atoms with Crippen LogP contribution in [0, 0.1) is 0 Å². The minimum absolute atomic E-state index is 0.163. The average Bonchev–Trinajstić information content (AvgIpc) is 3.84. The van der Waals surface area contributed by atoms with Gasteiger partial charge in [-0.15, -0.1) is 0 Å². The number of benzene rings is 4. The highest BCUT2D eigenvalue weighted by molar-refractivity contribution is 5.81. The molecule has 6 N–H and O–H groups in total. The molecule has 2 aliphatic heterocycles. The van der Waals surface area contributed by atoms with Gasteiger partial charge in [-0.05, 0) is 11.1 Å². The maximum Gasteiger partial charge on any atom is 0.332 e. The van der Waals surface area contributed by atoms with E-state index in [1.54, 1.807) is 17.0 Å². The lowest BCUT2D eigenvalue weighted by Gasteiger charge is -2.29. The molecule has 0 spiro atoms. The van der Waals surface area contributed by atoms with E-state index in [2.05, 4.69) is 37.8 Å². The van der Waals surface area contributed by atoms with E-state index in [1.165, 1.54) is 16.8 Å². The third-order valence-electron chi connectivity index (χ3n) is 9.26. The molecule has 0 aliphatic carbocycles. The van der Waals surface area contributed by atoms with Crippen LogP contribution < -0.4 is 5.32 Å². The zero-order chi connectivity index (χ0) is 37.0. The molecule has 272 valence electrons. The number of aliphatic carboxylic acids is 1. The summed E-state index contributed by atoms with van der Waals surface area (Å²) in [5.74, 6) is -1.40. The highest BCUT2D eigenvalue weighted by atomic mass is 16.4. The number of carbonyl (C=O) groups is 2. The van der Waals surface area contributed by atoms with Crippen LogP contribution >= 0.6 is 0 Å². The smallest absolute Gasteiger partial charge is 0.332 e. The lowest BCUT2D eigenvalue weighted by Crippen LogP contribution is -2.42. The number of aliphatic hydroxyl groups excluding tert-OH is 2. The van der Waals surface area contributed by atoms with Gasteiger partial charge in [-0.3, -0.25) is 15.0 Å². The molecule has 4 heterocycles. The molecule has 53 heavy (non-hydrogen) atoms. The molecule has 0 fully saturated rings. The molecule has 0 saturated carbocycles. The normalized spacial score (nSPS) is 14.3. The number of hydrogen-bond donors (Lipinski definition) is 6. The number of carboxylic acid groups (broad SMARTS) is 1. The van der Waals surface area contributed by atoms with Crippen LogP contribution in [-0.4, -0.2) is 77.8 Å². The second-order valence-corrected chi connectivity index (χ2v) is 13.0. The van der Waals surface area contributed by atoms with Gasteiger partial charge in [-0.25, -0.2) is 4.79 Å². The highest BCUT2D eigenvalue weighted by Crippen LogP contribution is 2.29. The van der Waals surface area contributed by atoms with Crippen LogP contribution in [0.15, 0.2) is 121 Å².